The zero-order valence-corrected chi connectivity index (χ0v) is 7.66. The zero-order chi connectivity index (χ0) is 10.8. The van der Waals surface area contributed by atoms with E-state index in [-0.39, 0.29) is 11.3 Å². The Morgan fingerprint density at radius 1 is 1.40 bits per heavy atom. The molecule has 0 atom stereocenters. The molecule has 0 aliphatic rings. The fourth-order valence-corrected chi connectivity index (χ4v) is 1.25. The van der Waals surface area contributed by atoms with Crippen molar-refractivity contribution in [3.05, 3.63) is 42.2 Å². The van der Waals surface area contributed by atoms with E-state index in [2.05, 4.69) is 5.10 Å². The van der Waals surface area contributed by atoms with Gasteiger partial charge in [-0.15, -0.1) is 0 Å². The van der Waals surface area contributed by atoms with Crippen LogP contribution in [0.5, 0.6) is 5.75 Å². The third kappa shape index (κ3) is 1.67. The molecule has 5 heteroatoms. The molecule has 0 saturated heterocycles. The van der Waals surface area contributed by atoms with Crippen LogP contribution in [0.25, 0.3) is 5.69 Å². The number of nitrogens with zero attached hydrogens (tertiary/aromatic N) is 2. The summed E-state index contributed by atoms with van der Waals surface area (Å²) in [7, 11) is 0. The average Bonchev–Trinajstić information content (AvgIpc) is 2.71. The Morgan fingerprint density at radius 2 is 2.20 bits per heavy atom. The third-order valence-corrected chi connectivity index (χ3v) is 1.97. The topological polar surface area (TPSA) is 75.3 Å². The number of carboxylic acids is 1. The minimum absolute atomic E-state index is 0.0105. The number of hydrogen-bond donors (Lipinski definition) is 2. The first kappa shape index (κ1) is 9.26. The van der Waals surface area contributed by atoms with Gasteiger partial charge in [0.15, 0.2) is 0 Å². The normalized spacial score (nSPS) is 10.1. The van der Waals surface area contributed by atoms with E-state index in [0.29, 0.717) is 5.69 Å². The van der Waals surface area contributed by atoms with E-state index in [9.17, 15) is 9.90 Å². The van der Waals surface area contributed by atoms with E-state index in [1.54, 1.807) is 18.5 Å². The molecule has 15 heavy (non-hydrogen) atoms. The summed E-state index contributed by atoms with van der Waals surface area (Å²) in [5.41, 5.74) is 0.457. The monoisotopic (exact) mass is 204 g/mol. The molecule has 0 radical (unpaired) electrons. The number of aromatic hydroxyl groups is 1. The molecular weight excluding hydrogens is 196 g/mol. The minimum Gasteiger partial charge on any atom is -0.506 e. The second kappa shape index (κ2) is 3.45. The van der Waals surface area contributed by atoms with Crippen LogP contribution >= 0.6 is 0 Å². The number of benzene rings is 1. The van der Waals surface area contributed by atoms with Gasteiger partial charge in [-0.3, -0.25) is 0 Å². The Bertz CT molecular complexity index is 491. The highest BCUT2D eigenvalue weighted by Crippen LogP contribution is 2.21. The maximum atomic E-state index is 10.7. The Labute approximate surface area is 85.2 Å². The number of aromatic carboxylic acids is 1. The molecule has 76 valence electrons. The third-order valence-electron chi connectivity index (χ3n) is 1.97. The van der Waals surface area contributed by atoms with E-state index in [1.165, 1.54) is 22.9 Å². The molecule has 1 heterocycles. The molecule has 0 amide bonds. The van der Waals surface area contributed by atoms with Crippen LogP contribution in [0.3, 0.4) is 0 Å². The number of carboxylic acid groups (broad SMARTS) is 1. The van der Waals surface area contributed by atoms with Crippen LogP contribution in [0.2, 0.25) is 0 Å². The zero-order valence-electron chi connectivity index (χ0n) is 7.66. The number of hydrogen-bond acceptors (Lipinski definition) is 3. The van der Waals surface area contributed by atoms with Crippen LogP contribution in [0.4, 0.5) is 0 Å². The second-order valence-electron chi connectivity index (χ2n) is 2.96. The lowest BCUT2D eigenvalue weighted by atomic mass is 10.2. The summed E-state index contributed by atoms with van der Waals surface area (Å²) >= 11 is 0. The van der Waals surface area contributed by atoms with Crippen molar-refractivity contribution in [3.63, 3.8) is 0 Å². The number of carbonyl (C=O) groups is 1. The Kier molecular flexibility index (Phi) is 2.13. The first-order valence-electron chi connectivity index (χ1n) is 4.25. The second-order valence-corrected chi connectivity index (χ2v) is 2.96. The summed E-state index contributed by atoms with van der Waals surface area (Å²) < 4.78 is 1.40. The number of phenols is 1. The van der Waals surface area contributed by atoms with Crippen molar-refractivity contribution in [1.29, 1.82) is 0 Å². The summed E-state index contributed by atoms with van der Waals surface area (Å²) in [6.45, 7) is 0. The molecule has 1 aromatic carbocycles. The van der Waals surface area contributed by atoms with Gasteiger partial charge >= 0.3 is 5.97 Å². The molecule has 2 rings (SSSR count). The lowest BCUT2D eigenvalue weighted by Gasteiger charge is -2.05. The predicted molar refractivity (Wildman–Crippen MR) is 52.2 cm³/mol. The van der Waals surface area contributed by atoms with Crippen molar-refractivity contribution in [2.24, 2.45) is 0 Å². The van der Waals surface area contributed by atoms with Gasteiger partial charge in [-0.25, -0.2) is 9.48 Å². The Morgan fingerprint density at radius 3 is 2.80 bits per heavy atom. The van der Waals surface area contributed by atoms with E-state index >= 15 is 0 Å². The number of aromatic nitrogens is 2. The molecule has 0 fully saturated rings. The fourth-order valence-electron chi connectivity index (χ4n) is 1.25. The molecule has 2 N–H and O–H groups in total. The van der Waals surface area contributed by atoms with E-state index in [0.717, 1.165) is 0 Å². The minimum atomic E-state index is -1.04. The molecule has 5 nitrogen and oxygen atoms in total. The molecule has 0 aliphatic heterocycles. The maximum absolute atomic E-state index is 10.7. The largest absolute Gasteiger partial charge is 0.506 e. The lowest BCUT2D eigenvalue weighted by molar-refractivity contribution is 0.0697. The first-order chi connectivity index (χ1) is 7.18. The van der Waals surface area contributed by atoms with Gasteiger partial charge in [-0.1, -0.05) is 0 Å². The van der Waals surface area contributed by atoms with Gasteiger partial charge in [0.1, 0.15) is 11.4 Å². The van der Waals surface area contributed by atoms with Crippen LogP contribution < -0.4 is 0 Å². The van der Waals surface area contributed by atoms with E-state index < -0.39 is 5.97 Å². The molecule has 2 aromatic rings. The van der Waals surface area contributed by atoms with Gasteiger partial charge in [0.25, 0.3) is 0 Å². The van der Waals surface area contributed by atoms with Crippen molar-refractivity contribution >= 4 is 5.97 Å². The molecule has 0 saturated carbocycles. The molecule has 0 bridgehead atoms. The van der Waals surface area contributed by atoms with Crippen LogP contribution in [-0.4, -0.2) is 26.0 Å². The van der Waals surface area contributed by atoms with Gasteiger partial charge in [0.2, 0.25) is 0 Å². The Balaban J connectivity index is 2.55. The van der Waals surface area contributed by atoms with E-state index in [1.807, 2.05) is 0 Å². The molecule has 0 unspecified atom stereocenters. The molecule has 0 aliphatic carbocycles. The van der Waals surface area contributed by atoms with Crippen molar-refractivity contribution < 1.29 is 15.0 Å². The molecule has 0 spiro atoms. The summed E-state index contributed by atoms with van der Waals surface area (Å²) in [6.07, 6.45) is 3.17. The fraction of sp³-hybridized carbons (Fsp3) is 0. The summed E-state index contributed by atoms with van der Waals surface area (Å²) in [4.78, 5) is 10.7. The van der Waals surface area contributed by atoms with Crippen LogP contribution in [0, 0.1) is 0 Å². The summed E-state index contributed by atoms with van der Waals surface area (Å²) in [6, 6.07) is 5.72. The van der Waals surface area contributed by atoms with Gasteiger partial charge in [-0.2, -0.15) is 5.10 Å². The van der Waals surface area contributed by atoms with E-state index in [4.69, 9.17) is 5.11 Å². The highest BCUT2D eigenvalue weighted by Gasteiger charge is 2.09. The highest BCUT2D eigenvalue weighted by atomic mass is 16.4. The first-order valence-corrected chi connectivity index (χ1v) is 4.25. The molecular formula is C10H8N2O3. The maximum Gasteiger partial charge on any atom is 0.335 e. The number of rotatable bonds is 2. The van der Waals surface area contributed by atoms with Crippen LogP contribution in [0.1, 0.15) is 10.4 Å². The lowest BCUT2D eigenvalue weighted by Crippen LogP contribution is -2.00. The summed E-state index contributed by atoms with van der Waals surface area (Å²) in [5.74, 6) is -1.05. The van der Waals surface area contributed by atoms with Crippen molar-refractivity contribution in [2.75, 3.05) is 0 Å². The molecule has 1 aromatic heterocycles. The van der Waals surface area contributed by atoms with Crippen molar-refractivity contribution in [3.8, 4) is 11.4 Å². The van der Waals surface area contributed by atoms with Gasteiger partial charge < -0.3 is 10.2 Å². The van der Waals surface area contributed by atoms with Crippen molar-refractivity contribution in [1.82, 2.24) is 9.78 Å². The highest BCUT2D eigenvalue weighted by molar-refractivity contribution is 5.88. The number of phenolic OH excluding ortho intramolecular Hbond substituents is 1. The standard InChI is InChI=1S/C10H8N2O3/c13-9-3-2-7(10(14)15)6-8(9)12-5-1-4-11-12/h1-6,13H,(H,14,15). The van der Waals surface area contributed by atoms with Crippen LogP contribution in [-0.2, 0) is 0 Å². The summed E-state index contributed by atoms with van der Waals surface area (Å²) in [5, 5.41) is 22.2. The van der Waals surface area contributed by atoms with Gasteiger partial charge in [0.05, 0.1) is 5.56 Å². The van der Waals surface area contributed by atoms with Gasteiger partial charge in [-0.05, 0) is 24.3 Å². The Hall–Kier alpha value is -2.30. The predicted octanol–water partition coefficient (Wildman–Crippen LogP) is 1.28. The smallest absolute Gasteiger partial charge is 0.335 e. The average molecular weight is 204 g/mol. The van der Waals surface area contributed by atoms with Gasteiger partial charge in [0, 0.05) is 12.4 Å². The van der Waals surface area contributed by atoms with Crippen LogP contribution in [0.15, 0.2) is 36.7 Å². The van der Waals surface area contributed by atoms with Crippen molar-refractivity contribution in [2.45, 2.75) is 0 Å². The quantitative estimate of drug-likeness (QED) is 0.772. The SMILES string of the molecule is O=C(O)c1ccc(O)c(-n2cccn2)c1.